The van der Waals surface area contributed by atoms with Crippen LogP contribution in [0, 0.1) is 11.3 Å². The number of esters is 4. The third-order valence-electron chi connectivity index (χ3n) is 7.66. The molecule has 0 N–H and O–H groups in total. The van der Waals surface area contributed by atoms with Crippen molar-refractivity contribution in [3.63, 3.8) is 0 Å². The van der Waals surface area contributed by atoms with Gasteiger partial charge in [0.25, 0.3) is 0 Å². The van der Waals surface area contributed by atoms with Crippen molar-refractivity contribution in [3.8, 4) is 11.8 Å². The Bertz CT molecular complexity index is 1460. The average molecular weight is 638 g/mol. The molecule has 0 saturated carbocycles. The summed E-state index contributed by atoms with van der Waals surface area (Å²) in [4.78, 5) is 48.9. The topological polar surface area (TPSA) is 157 Å². The average Bonchev–Trinajstić information content (AvgIpc) is 3.51. The fraction of sp³-hybridized carbons (Fsp3) is 0.500. The monoisotopic (exact) mass is 637 g/mol. The van der Waals surface area contributed by atoms with Gasteiger partial charge < -0.3 is 33.2 Å². The van der Waals surface area contributed by atoms with E-state index in [1.165, 1.54) is 26.3 Å². The summed E-state index contributed by atoms with van der Waals surface area (Å²) in [6.45, 7) is 7.24. The third kappa shape index (κ3) is 8.83. The lowest BCUT2D eigenvalue weighted by Gasteiger charge is -2.45. The lowest BCUT2D eigenvalue weighted by molar-refractivity contribution is -0.254. The zero-order valence-electron chi connectivity index (χ0n) is 26.6. The molecule has 2 aromatic rings. The van der Waals surface area contributed by atoms with E-state index in [1.54, 1.807) is 12.1 Å². The number of nitrogens with zero attached hydrogens (tertiary/aromatic N) is 1. The standard InChI is InChI=1S/C34H39NO11/c1-6-23-7-9-24(10-8-23)13-25-14-28(29(15-26(25)16-35)45-27-11-12-40-17-27)31-33(43-21(4)38)34(44-22(5)39)32(42-20(3)37)30(46-31)18-41-19(2)36/h7-10,14-15,27,30-34H,6,11-13,17-18H2,1-5H3/t27-,30-,31+,32-,33+,34+/m1/s1. The molecule has 6 atom stereocenters. The van der Waals surface area contributed by atoms with Gasteiger partial charge in [0, 0.05) is 39.7 Å². The van der Waals surface area contributed by atoms with Crippen molar-refractivity contribution >= 4 is 23.9 Å². The van der Waals surface area contributed by atoms with Crippen LogP contribution >= 0.6 is 0 Å². The van der Waals surface area contributed by atoms with Gasteiger partial charge in [0.2, 0.25) is 0 Å². The van der Waals surface area contributed by atoms with Crippen molar-refractivity contribution in [2.75, 3.05) is 19.8 Å². The molecule has 2 fully saturated rings. The van der Waals surface area contributed by atoms with E-state index in [0.717, 1.165) is 18.9 Å². The second kappa shape index (κ2) is 15.7. The van der Waals surface area contributed by atoms with E-state index in [4.69, 9.17) is 33.2 Å². The quantitative estimate of drug-likeness (QED) is 0.261. The van der Waals surface area contributed by atoms with Crippen LogP contribution in [0.15, 0.2) is 36.4 Å². The number of carbonyl (C=O) groups is 4. The number of ether oxygens (including phenoxy) is 7. The molecule has 0 bridgehead atoms. The van der Waals surface area contributed by atoms with Crippen molar-refractivity contribution in [2.45, 2.75) is 90.5 Å². The van der Waals surface area contributed by atoms with E-state index < -0.39 is 54.4 Å². The molecule has 246 valence electrons. The van der Waals surface area contributed by atoms with Gasteiger partial charge in [-0.15, -0.1) is 0 Å². The normalized spacial score (nSPS) is 23.9. The summed E-state index contributed by atoms with van der Waals surface area (Å²) in [5.74, 6) is -2.52. The highest BCUT2D eigenvalue weighted by Crippen LogP contribution is 2.42. The van der Waals surface area contributed by atoms with Gasteiger partial charge in [0.15, 0.2) is 18.3 Å². The van der Waals surface area contributed by atoms with Crippen molar-refractivity contribution in [1.29, 1.82) is 5.26 Å². The first-order valence-corrected chi connectivity index (χ1v) is 15.2. The highest BCUT2D eigenvalue weighted by atomic mass is 16.7. The van der Waals surface area contributed by atoms with Crippen LogP contribution in [-0.4, -0.2) is 74.2 Å². The maximum absolute atomic E-state index is 12.5. The van der Waals surface area contributed by atoms with Crippen LogP contribution in [0.2, 0.25) is 0 Å². The van der Waals surface area contributed by atoms with E-state index in [-0.39, 0.29) is 18.5 Å². The second-order valence-electron chi connectivity index (χ2n) is 11.2. The molecular weight excluding hydrogens is 598 g/mol. The molecule has 46 heavy (non-hydrogen) atoms. The molecule has 2 aliphatic rings. The molecule has 0 spiro atoms. The van der Waals surface area contributed by atoms with Gasteiger partial charge in [-0.3, -0.25) is 19.2 Å². The molecule has 0 radical (unpaired) electrons. The van der Waals surface area contributed by atoms with Gasteiger partial charge in [-0.05, 0) is 41.7 Å². The van der Waals surface area contributed by atoms with Crippen LogP contribution in [-0.2, 0) is 60.4 Å². The molecule has 0 aromatic heterocycles. The Hall–Kier alpha value is -4.47. The van der Waals surface area contributed by atoms with Crippen molar-refractivity contribution in [2.24, 2.45) is 0 Å². The summed E-state index contributed by atoms with van der Waals surface area (Å²) in [7, 11) is 0. The highest BCUT2D eigenvalue weighted by Gasteiger charge is 2.53. The number of hydrogen-bond acceptors (Lipinski definition) is 12. The van der Waals surface area contributed by atoms with Gasteiger partial charge in [-0.2, -0.15) is 5.26 Å². The predicted octanol–water partition coefficient (Wildman–Crippen LogP) is 3.68. The lowest BCUT2D eigenvalue weighted by atomic mass is 9.87. The molecular formula is C34H39NO11. The van der Waals surface area contributed by atoms with Crippen molar-refractivity contribution in [1.82, 2.24) is 0 Å². The third-order valence-corrected chi connectivity index (χ3v) is 7.66. The molecule has 2 aromatic carbocycles. The Morgan fingerprint density at radius 1 is 0.870 bits per heavy atom. The van der Waals surface area contributed by atoms with E-state index in [0.29, 0.717) is 42.7 Å². The second-order valence-corrected chi connectivity index (χ2v) is 11.2. The lowest BCUT2D eigenvalue weighted by Crippen LogP contribution is -2.59. The van der Waals surface area contributed by atoms with Crippen LogP contribution in [0.1, 0.15) is 75.0 Å². The minimum atomic E-state index is -1.35. The number of aryl methyl sites for hydroxylation is 1. The Kier molecular flexibility index (Phi) is 11.7. The summed E-state index contributed by atoms with van der Waals surface area (Å²) >= 11 is 0. The van der Waals surface area contributed by atoms with Crippen LogP contribution < -0.4 is 4.74 Å². The van der Waals surface area contributed by atoms with E-state index >= 15 is 0 Å². The van der Waals surface area contributed by atoms with Gasteiger partial charge >= 0.3 is 23.9 Å². The molecule has 0 amide bonds. The fourth-order valence-electron chi connectivity index (χ4n) is 5.60. The predicted molar refractivity (Wildman–Crippen MR) is 161 cm³/mol. The Labute approximate surface area is 267 Å². The van der Waals surface area contributed by atoms with Gasteiger partial charge in [-0.1, -0.05) is 31.2 Å². The van der Waals surface area contributed by atoms with Crippen molar-refractivity contribution in [3.05, 3.63) is 64.2 Å². The number of benzene rings is 2. The number of nitriles is 1. The van der Waals surface area contributed by atoms with E-state index in [9.17, 15) is 24.4 Å². The number of hydrogen-bond donors (Lipinski definition) is 0. The number of rotatable bonds is 11. The molecule has 0 unspecified atom stereocenters. The molecule has 12 nitrogen and oxygen atoms in total. The molecule has 2 saturated heterocycles. The maximum Gasteiger partial charge on any atom is 0.303 e. The Morgan fingerprint density at radius 2 is 1.50 bits per heavy atom. The summed E-state index contributed by atoms with van der Waals surface area (Å²) in [6, 6.07) is 13.7. The highest BCUT2D eigenvalue weighted by molar-refractivity contribution is 5.69. The minimum Gasteiger partial charge on any atom is -0.487 e. The molecule has 12 heteroatoms. The van der Waals surface area contributed by atoms with Crippen LogP contribution in [0.4, 0.5) is 0 Å². The molecule has 0 aliphatic carbocycles. The summed E-state index contributed by atoms with van der Waals surface area (Å²) in [6.07, 6.45) is -4.76. The first-order valence-electron chi connectivity index (χ1n) is 15.2. The first kappa shape index (κ1) is 34.4. The number of carbonyl (C=O) groups excluding carboxylic acids is 4. The zero-order chi connectivity index (χ0) is 33.4. The van der Waals surface area contributed by atoms with Crippen LogP contribution in [0.3, 0.4) is 0 Å². The van der Waals surface area contributed by atoms with Gasteiger partial charge in [-0.25, -0.2) is 0 Å². The first-order chi connectivity index (χ1) is 22.0. The van der Waals surface area contributed by atoms with Crippen LogP contribution in [0.25, 0.3) is 0 Å². The van der Waals surface area contributed by atoms with E-state index in [2.05, 4.69) is 13.0 Å². The van der Waals surface area contributed by atoms with Crippen LogP contribution in [0.5, 0.6) is 5.75 Å². The Balaban J connectivity index is 1.88. The summed E-state index contributed by atoms with van der Waals surface area (Å²) in [5.41, 5.74) is 3.53. The molecule has 2 aliphatic heterocycles. The van der Waals surface area contributed by atoms with E-state index in [1.807, 2.05) is 24.3 Å². The fourth-order valence-corrected chi connectivity index (χ4v) is 5.60. The zero-order valence-corrected chi connectivity index (χ0v) is 26.6. The van der Waals surface area contributed by atoms with Crippen molar-refractivity contribution < 1.29 is 52.3 Å². The van der Waals surface area contributed by atoms with Gasteiger partial charge in [0.1, 0.15) is 30.7 Å². The smallest absolute Gasteiger partial charge is 0.303 e. The molecule has 4 rings (SSSR count). The van der Waals surface area contributed by atoms with Gasteiger partial charge in [0.05, 0.1) is 24.8 Å². The summed E-state index contributed by atoms with van der Waals surface area (Å²) < 4.78 is 40.5. The summed E-state index contributed by atoms with van der Waals surface area (Å²) in [5, 5.41) is 10.2. The maximum atomic E-state index is 12.5. The minimum absolute atomic E-state index is 0.276. The Morgan fingerprint density at radius 3 is 2.07 bits per heavy atom. The molecule has 2 heterocycles. The largest absolute Gasteiger partial charge is 0.487 e. The SMILES string of the molecule is CCc1ccc(Cc2cc([C@@H]3O[C@H](COC(C)=O)[C@@H](OC(C)=O)[C@H](OC(C)=O)[C@H]3OC(C)=O)c(O[C@@H]3CCOC3)cc2C#N)cc1.